The van der Waals surface area contributed by atoms with E-state index in [9.17, 15) is 0 Å². The Morgan fingerprint density at radius 1 is 1.20 bits per heavy atom. The third-order valence-corrected chi connectivity index (χ3v) is 2.12. The number of aryl methyl sites for hydroxylation is 1. The average molecular weight is 200 g/mol. The molecule has 0 unspecified atom stereocenters. The first-order valence-electron chi connectivity index (χ1n) is 4.83. The molecule has 0 radical (unpaired) electrons. The van der Waals surface area contributed by atoms with Crippen LogP contribution >= 0.6 is 0 Å². The average Bonchev–Trinajstić information content (AvgIpc) is 2.29. The van der Waals surface area contributed by atoms with Crippen molar-refractivity contribution in [2.75, 3.05) is 5.73 Å². The first kappa shape index (κ1) is 9.58. The van der Waals surface area contributed by atoms with Crippen molar-refractivity contribution >= 4 is 5.82 Å². The second kappa shape index (κ2) is 4.04. The zero-order valence-corrected chi connectivity index (χ0v) is 8.51. The maximum atomic E-state index is 5.58. The normalized spacial score (nSPS) is 10.2. The molecule has 0 spiro atoms. The Bertz CT molecular complexity index is 450. The molecule has 76 valence electrons. The van der Waals surface area contributed by atoms with Crippen LogP contribution < -0.4 is 5.73 Å². The Morgan fingerprint density at radius 2 is 2.07 bits per heavy atom. The summed E-state index contributed by atoms with van der Waals surface area (Å²) in [5, 5.41) is 0. The molecular weight excluding hydrogens is 188 g/mol. The molecule has 0 aliphatic rings. The van der Waals surface area contributed by atoms with Gasteiger partial charge in [0.25, 0.3) is 0 Å². The molecule has 0 aromatic carbocycles. The lowest BCUT2D eigenvalue weighted by molar-refractivity contribution is 1.03. The van der Waals surface area contributed by atoms with Crippen molar-refractivity contribution in [3.63, 3.8) is 0 Å². The maximum Gasteiger partial charge on any atom is 0.163 e. The van der Waals surface area contributed by atoms with Crippen molar-refractivity contribution in [1.29, 1.82) is 0 Å². The van der Waals surface area contributed by atoms with Gasteiger partial charge in [-0.15, -0.1) is 0 Å². The summed E-state index contributed by atoms with van der Waals surface area (Å²) in [5.74, 6) is 1.09. The van der Waals surface area contributed by atoms with E-state index in [1.807, 2.05) is 12.1 Å². The molecule has 0 aliphatic heterocycles. The highest BCUT2D eigenvalue weighted by molar-refractivity contribution is 5.54. The Kier molecular flexibility index (Phi) is 2.58. The summed E-state index contributed by atoms with van der Waals surface area (Å²) in [5.41, 5.74) is 7.53. The number of hydrogen-bond donors (Lipinski definition) is 1. The first-order valence-corrected chi connectivity index (χ1v) is 4.83. The Labute approximate surface area is 88.2 Å². The van der Waals surface area contributed by atoms with Crippen LogP contribution in [0.1, 0.15) is 12.6 Å². The van der Waals surface area contributed by atoms with Gasteiger partial charge in [0.1, 0.15) is 5.82 Å². The predicted molar refractivity (Wildman–Crippen MR) is 59.1 cm³/mol. The Hall–Kier alpha value is -1.97. The molecule has 2 rings (SSSR count). The lowest BCUT2D eigenvalue weighted by atomic mass is 10.2. The van der Waals surface area contributed by atoms with Crippen molar-refractivity contribution < 1.29 is 0 Å². The predicted octanol–water partition coefficient (Wildman–Crippen LogP) is 1.68. The van der Waals surface area contributed by atoms with Gasteiger partial charge < -0.3 is 5.73 Å². The largest absolute Gasteiger partial charge is 0.384 e. The van der Waals surface area contributed by atoms with Crippen LogP contribution in [0.2, 0.25) is 0 Å². The molecule has 15 heavy (non-hydrogen) atoms. The van der Waals surface area contributed by atoms with Crippen molar-refractivity contribution in [1.82, 2.24) is 15.0 Å². The van der Waals surface area contributed by atoms with Crippen LogP contribution in [0.15, 0.2) is 30.6 Å². The third kappa shape index (κ3) is 2.10. The van der Waals surface area contributed by atoms with E-state index in [-0.39, 0.29) is 0 Å². The second-order valence-electron chi connectivity index (χ2n) is 3.20. The van der Waals surface area contributed by atoms with Gasteiger partial charge in [-0.25, -0.2) is 9.97 Å². The SMILES string of the molecule is CCc1ccc(-c2nccc(N)n2)cn1. The number of hydrogen-bond acceptors (Lipinski definition) is 4. The van der Waals surface area contributed by atoms with Gasteiger partial charge in [0.2, 0.25) is 0 Å². The number of nitrogens with zero attached hydrogens (tertiary/aromatic N) is 3. The van der Waals surface area contributed by atoms with Crippen LogP contribution in [0, 0.1) is 0 Å². The van der Waals surface area contributed by atoms with E-state index in [1.165, 1.54) is 0 Å². The zero-order chi connectivity index (χ0) is 10.7. The van der Waals surface area contributed by atoms with Gasteiger partial charge in [0.05, 0.1) is 0 Å². The van der Waals surface area contributed by atoms with Gasteiger partial charge in [-0.1, -0.05) is 6.92 Å². The summed E-state index contributed by atoms with van der Waals surface area (Å²) in [6.07, 6.45) is 4.34. The minimum Gasteiger partial charge on any atom is -0.384 e. The van der Waals surface area contributed by atoms with Crippen LogP contribution in [0.5, 0.6) is 0 Å². The fraction of sp³-hybridized carbons (Fsp3) is 0.182. The van der Waals surface area contributed by atoms with E-state index in [1.54, 1.807) is 18.5 Å². The highest BCUT2D eigenvalue weighted by Crippen LogP contribution is 2.14. The van der Waals surface area contributed by atoms with E-state index in [2.05, 4.69) is 21.9 Å². The molecule has 0 atom stereocenters. The molecule has 4 nitrogen and oxygen atoms in total. The summed E-state index contributed by atoms with van der Waals surface area (Å²) >= 11 is 0. The number of aromatic nitrogens is 3. The second-order valence-corrected chi connectivity index (χ2v) is 3.20. The molecule has 4 heteroatoms. The molecule has 2 N–H and O–H groups in total. The van der Waals surface area contributed by atoms with Gasteiger partial charge in [0.15, 0.2) is 5.82 Å². The third-order valence-electron chi connectivity index (χ3n) is 2.12. The van der Waals surface area contributed by atoms with Crippen LogP contribution in [-0.4, -0.2) is 15.0 Å². The minimum atomic E-state index is 0.472. The van der Waals surface area contributed by atoms with E-state index >= 15 is 0 Å². The van der Waals surface area contributed by atoms with Gasteiger partial charge in [-0.05, 0) is 24.6 Å². The van der Waals surface area contributed by atoms with Crippen LogP contribution in [0.3, 0.4) is 0 Å². The Morgan fingerprint density at radius 3 is 2.67 bits per heavy atom. The summed E-state index contributed by atoms with van der Waals surface area (Å²) in [6.45, 7) is 2.07. The summed E-state index contributed by atoms with van der Waals surface area (Å²) in [7, 11) is 0. The molecule has 2 heterocycles. The van der Waals surface area contributed by atoms with E-state index in [0.717, 1.165) is 17.7 Å². The quantitative estimate of drug-likeness (QED) is 0.801. The zero-order valence-electron chi connectivity index (χ0n) is 8.51. The van der Waals surface area contributed by atoms with Crippen LogP contribution in [-0.2, 0) is 6.42 Å². The number of nitrogen functional groups attached to an aromatic ring is 1. The number of anilines is 1. The van der Waals surface area contributed by atoms with Gasteiger partial charge >= 0.3 is 0 Å². The highest BCUT2D eigenvalue weighted by atomic mass is 14.9. The van der Waals surface area contributed by atoms with Crippen molar-refractivity contribution in [2.24, 2.45) is 0 Å². The first-order chi connectivity index (χ1) is 7.29. The van der Waals surface area contributed by atoms with Gasteiger partial charge in [0, 0.05) is 23.7 Å². The summed E-state index contributed by atoms with van der Waals surface area (Å²) in [6, 6.07) is 5.60. The summed E-state index contributed by atoms with van der Waals surface area (Å²) < 4.78 is 0. The smallest absolute Gasteiger partial charge is 0.163 e. The standard InChI is InChI=1S/C11H12N4/c1-2-9-4-3-8(7-14-9)11-13-6-5-10(12)15-11/h3-7H,2H2,1H3,(H2,12,13,15). The summed E-state index contributed by atoms with van der Waals surface area (Å²) in [4.78, 5) is 12.5. The van der Waals surface area contributed by atoms with Crippen molar-refractivity contribution in [3.05, 3.63) is 36.3 Å². The van der Waals surface area contributed by atoms with Crippen molar-refractivity contribution in [3.8, 4) is 11.4 Å². The van der Waals surface area contributed by atoms with Gasteiger partial charge in [-0.2, -0.15) is 0 Å². The lowest BCUT2D eigenvalue weighted by Gasteiger charge is -2.01. The monoisotopic (exact) mass is 200 g/mol. The number of rotatable bonds is 2. The molecule has 0 aliphatic carbocycles. The molecule has 2 aromatic heterocycles. The van der Waals surface area contributed by atoms with E-state index in [4.69, 9.17) is 5.73 Å². The molecule has 0 bridgehead atoms. The molecule has 0 amide bonds. The highest BCUT2D eigenvalue weighted by Gasteiger charge is 2.01. The van der Waals surface area contributed by atoms with E-state index in [0.29, 0.717) is 11.6 Å². The fourth-order valence-electron chi connectivity index (χ4n) is 1.28. The molecular formula is C11H12N4. The Balaban J connectivity index is 2.37. The van der Waals surface area contributed by atoms with Crippen molar-refractivity contribution in [2.45, 2.75) is 13.3 Å². The fourth-order valence-corrected chi connectivity index (χ4v) is 1.28. The molecule has 0 fully saturated rings. The molecule has 0 saturated carbocycles. The lowest BCUT2D eigenvalue weighted by Crippen LogP contribution is -1.95. The maximum absolute atomic E-state index is 5.58. The van der Waals surface area contributed by atoms with Crippen LogP contribution in [0.25, 0.3) is 11.4 Å². The molecule has 2 aromatic rings. The molecule has 0 saturated heterocycles. The number of pyridine rings is 1. The van der Waals surface area contributed by atoms with Gasteiger partial charge in [-0.3, -0.25) is 4.98 Å². The van der Waals surface area contributed by atoms with Crippen LogP contribution in [0.4, 0.5) is 5.82 Å². The topological polar surface area (TPSA) is 64.7 Å². The van der Waals surface area contributed by atoms with E-state index < -0.39 is 0 Å². The minimum absolute atomic E-state index is 0.472. The number of nitrogens with two attached hydrogens (primary N) is 1.